The lowest BCUT2D eigenvalue weighted by Gasteiger charge is -2.16. The maximum atomic E-state index is 12.4. The van der Waals surface area contributed by atoms with Crippen molar-refractivity contribution < 1.29 is 14.7 Å². The number of hydrogen-bond donors (Lipinski definition) is 2. The van der Waals surface area contributed by atoms with Gasteiger partial charge in [-0.15, -0.1) is 0 Å². The standard InChI is InChI=1S/C18H18N2O4/c21-16-3-1-2-15(19-16)17(22)20-9-8-13(11-20)10-12-4-6-14(7-5-12)18(23)24/h1-7,13H,8-11H2,(H,19,21)(H,23,24). The molecule has 24 heavy (non-hydrogen) atoms. The van der Waals surface area contributed by atoms with Gasteiger partial charge < -0.3 is 15.0 Å². The van der Waals surface area contributed by atoms with Crippen LogP contribution in [0.25, 0.3) is 0 Å². The zero-order valence-corrected chi connectivity index (χ0v) is 13.1. The molecule has 124 valence electrons. The molecule has 0 spiro atoms. The number of aromatic carboxylic acids is 1. The number of H-pyrrole nitrogens is 1. The molecule has 1 aromatic carbocycles. The Morgan fingerprint density at radius 3 is 2.58 bits per heavy atom. The monoisotopic (exact) mass is 326 g/mol. The third-order valence-corrected chi connectivity index (χ3v) is 4.30. The van der Waals surface area contributed by atoms with Crippen molar-refractivity contribution in [2.75, 3.05) is 13.1 Å². The molecule has 1 saturated heterocycles. The highest BCUT2D eigenvalue weighted by atomic mass is 16.4. The van der Waals surface area contributed by atoms with Crippen molar-refractivity contribution >= 4 is 11.9 Å². The van der Waals surface area contributed by atoms with Crippen LogP contribution in [0, 0.1) is 5.92 Å². The van der Waals surface area contributed by atoms with E-state index in [4.69, 9.17) is 5.11 Å². The first-order valence-electron chi connectivity index (χ1n) is 7.84. The van der Waals surface area contributed by atoms with Crippen LogP contribution in [0.4, 0.5) is 0 Å². The third kappa shape index (κ3) is 3.53. The summed E-state index contributed by atoms with van der Waals surface area (Å²) in [5.41, 5.74) is 1.37. The molecule has 3 rings (SSSR count). The number of aromatic amines is 1. The first-order valence-corrected chi connectivity index (χ1v) is 7.84. The van der Waals surface area contributed by atoms with Crippen LogP contribution in [-0.4, -0.2) is 40.0 Å². The molecule has 1 aliphatic heterocycles. The van der Waals surface area contributed by atoms with E-state index in [-0.39, 0.29) is 17.0 Å². The Morgan fingerprint density at radius 1 is 1.17 bits per heavy atom. The summed E-state index contributed by atoms with van der Waals surface area (Å²) >= 11 is 0. The van der Waals surface area contributed by atoms with Crippen molar-refractivity contribution in [3.63, 3.8) is 0 Å². The van der Waals surface area contributed by atoms with Crippen LogP contribution in [0.15, 0.2) is 47.3 Å². The zero-order valence-electron chi connectivity index (χ0n) is 13.1. The fourth-order valence-corrected chi connectivity index (χ4v) is 3.04. The lowest BCUT2D eigenvalue weighted by molar-refractivity contribution is 0.0696. The molecule has 1 fully saturated rings. The van der Waals surface area contributed by atoms with Gasteiger partial charge in [-0.05, 0) is 42.5 Å². The molecule has 1 aliphatic rings. The predicted octanol–water partition coefficient (Wildman–Crippen LogP) is 1.78. The number of nitrogens with one attached hydrogen (secondary N) is 1. The second kappa shape index (κ2) is 6.70. The van der Waals surface area contributed by atoms with Crippen molar-refractivity contribution in [2.45, 2.75) is 12.8 Å². The minimum absolute atomic E-state index is 0.156. The second-order valence-electron chi connectivity index (χ2n) is 6.04. The number of carbonyl (C=O) groups is 2. The number of amides is 1. The van der Waals surface area contributed by atoms with E-state index in [9.17, 15) is 14.4 Å². The Balaban J connectivity index is 1.62. The van der Waals surface area contributed by atoms with E-state index in [1.807, 2.05) is 12.1 Å². The number of hydrogen-bond acceptors (Lipinski definition) is 3. The van der Waals surface area contributed by atoms with Crippen molar-refractivity contribution in [1.82, 2.24) is 9.88 Å². The van der Waals surface area contributed by atoms with Gasteiger partial charge in [0.25, 0.3) is 5.91 Å². The topological polar surface area (TPSA) is 90.5 Å². The summed E-state index contributed by atoms with van der Waals surface area (Å²) in [6, 6.07) is 11.4. The van der Waals surface area contributed by atoms with Gasteiger partial charge in [-0.2, -0.15) is 0 Å². The largest absolute Gasteiger partial charge is 0.478 e. The lowest BCUT2D eigenvalue weighted by Crippen LogP contribution is -2.30. The molecule has 0 bridgehead atoms. The predicted molar refractivity (Wildman–Crippen MR) is 88.2 cm³/mol. The van der Waals surface area contributed by atoms with Crippen molar-refractivity contribution in [1.29, 1.82) is 0 Å². The minimum atomic E-state index is -0.934. The van der Waals surface area contributed by atoms with Gasteiger partial charge >= 0.3 is 5.97 Å². The van der Waals surface area contributed by atoms with Gasteiger partial charge in [-0.25, -0.2) is 4.79 Å². The Labute approximate surface area is 138 Å². The van der Waals surface area contributed by atoms with Crippen LogP contribution in [0.1, 0.15) is 32.8 Å². The van der Waals surface area contributed by atoms with E-state index in [2.05, 4.69) is 4.98 Å². The van der Waals surface area contributed by atoms with E-state index in [1.54, 1.807) is 29.2 Å². The van der Waals surface area contributed by atoms with Crippen LogP contribution in [0.2, 0.25) is 0 Å². The molecule has 1 aromatic heterocycles. The van der Waals surface area contributed by atoms with Crippen molar-refractivity contribution in [2.24, 2.45) is 5.92 Å². The number of pyridine rings is 1. The molecule has 0 aliphatic carbocycles. The molecule has 1 unspecified atom stereocenters. The van der Waals surface area contributed by atoms with Crippen LogP contribution < -0.4 is 5.56 Å². The van der Waals surface area contributed by atoms with Crippen molar-refractivity contribution in [3.8, 4) is 0 Å². The highest BCUT2D eigenvalue weighted by Crippen LogP contribution is 2.22. The normalized spacial score (nSPS) is 17.0. The average molecular weight is 326 g/mol. The summed E-state index contributed by atoms with van der Waals surface area (Å²) in [5, 5.41) is 8.91. The van der Waals surface area contributed by atoms with E-state index >= 15 is 0 Å². The summed E-state index contributed by atoms with van der Waals surface area (Å²) in [6.45, 7) is 1.30. The molecule has 6 nitrogen and oxygen atoms in total. The van der Waals surface area contributed by atoms with Crippen LogP contribution in [0.5, 0.6) is 0 Å². The highest BCUT2D eigenvalue weighted by molar-refractivity contribution is 5.92. The van der Waals surface area contributed by atoms with E-state index in [0.29, 0.717) is 24.7 Å². The lowest BCUT2D eigenvalue weighted by atomic mass is 9.98. The van der Waals surface area contributed by atoms with Gasteiger partial charge in [0.2, 0.25) is 5.56 Å². The third-order valence-electron chi connectivity index (χ3n) is 4.30. The molecular weight excluding hydrogens is 308 g/mol. The Hall–Kier alpha value is -2.89. The molecular formula is C18H18N2O4. The summed E-state index contributed by atoms with van der Waals surface area (Å²) in [4.78, 5) is 38.9. The first kappa shape index (κ1) is 16.0. The number of nitrogens with zero attached hydrogens (tertiary/aromatic N) is 1. The van der Waals surface area contributed by atoms with Gasteiger partial charge in [-0.1, -0.05) is 18.2 Å². The molecule has 2 heterocycles. The van der Waals surface area contributed by atoms with Crippen LogP contribution >= 0.6 is 0 Å². The van der Waals surface area contributed by atoms with Gasteiger partial charge in [0, 0.05) is 19.2 Å². The summed E-state index contributed by atoms with van der Waals surface area (Å²) in [6.07, 6.45) is 1.69. The van der Waals surface area contributed by atoms with Crippen LogP contribution in [0.3, 0.4) is 0 Å². The quantitative estimate of drug-likeness (QED) is 0.896. The first-order chi connectivity index (χ1) is 11.5. The number of benzene rings is 1. The maximum absolute atomic E-state index is 12.4. The molecule has 1 atom stereocenters. The molecule has 0 radical (unpaired) electrons. The number of carboxylic acids is 1. The Bertz CT molecular complexity index is 810. The van der Waals surface area contributed by atoms with Gasteiger partial charge in [0.05, 0.1) is 5.56 Å². The van der Waals surface area contributed by atoms with E-state index < -0.39 is 5.97 Å². The average Bonchev–Trinajstić information content (AvgIpc) is 3.03. The zero-order chi connectivity index (χ0) is 17.1. The fraction of sp³-hybridized carbons (Fsp3) is 0.278. The smallest absolute Gasteiger partial charge is 0.335 e. The maximum Gasteiger partial charge on any atom is 0.335 e. The van der Waals surface area contributed by atoms with E-state index in [1.165, 1.54) is 6.07 Å². The Kier molecular flexibility index (Phi) is 4.46. The molecule has 6 heteroatoms. The van der Waals surface area contributed by atoms with Gasteiger partial charge in [0.1, 0.15) is 5.69 Å². The number of likely N-dealkylation sites (tertiary alicyclic amines) is 1. The van der Waals surface area contributed by atoms with E-state index in [0.717, 1.165) is 18.4 Å². The Morgan fingerprint density at radius 2 is 1.92 bits per heavy atom. The SMILES string of the molecule is O=C(O)c1ccc(CC2CCN(C(=O)c3cccc(=O)[nH]3)C2)cc1. The van der Waals surface area contributed by atoms with Gasteiger partial charge in [0.15, 0.2) is 0 Å². The number of carbonyl (C=O) groups excluding carboxylic acids is 1. The molecule has 2 N–H and O–H groups in total. The number of aromatic nitrogens is 1. The highest BCUT2D eigenvalue weighted by Gasteiger charge is 2.27. The molecule has 1 amide bonds. The summed E-state index contributed by atoms with van der Waals surface area (Å²) in [7, 11) is 0. The molecule has 2 aromatic rings. The van der Waals surface area contributed by atoms with Crippen LogP contribution in [-0.2, 0) is 6.42 Å². The number of rotatable bonds is 4. The summed E-state index contributed by atoms with van der Waals surface area (Å²) < 4.78 is 0. The molecule has 0 saturated carbocycles. The fourth-order valence-electron chi connectivity index (χ4n) is 3.04. The number of carboxylic acid groups (broad SMARTS) is 1. The summed E-state index contributed by atoms with van der Waals surface area (Å²) in [5.74, 6) is -0.757. The van der Waals surface area contributed by atoms with Gasteiger partial charge in [-0.3, -0.25) is 9.59 Å². The second-order valence-corrected chi connectivity index (χ2v) is 6.04. The minimum Gasteiger partial charge on any atom is -0.478 e. The van der Waals surface area contributed by atoms with Crippen molar-refractivity contribution in [3.05, 3.63) is 69.6 Å².